The van der Waals surface area contributed by atoms with Crippen molar-refractivity contribution >= 4 is 0 Å². The predicted molar refractivity (Wildman–Crippen MR) is 88.1 cm³/mol. The molecule has 0 heterocycles. The van der Waals surface area contributed by atoms with E-state index in [0.29, 0.717) is 22.1 Å². The molecule has 2 unspecified atom stereocenters. The van der Waals surface area contributed by atoms with Crippen LogP contribution in [0.2, 0.25) is 0 Å². The Labute approximate surface area is 132 Å². The molecule has 5 nitrogen and oxygen atoms in total. The highest BCUT2D eigenvalue weighted by Gasteiger charge is 2.11. The number of quaternary nitrogens is 2. The maximum atomic E-state index is 9.45. The number of aliphatic hydroxyl groups excluding tert-OH is 2. The molecule has 0 aliphatic carbocycles. The normalized spacial score (nSPS) is 15.4. The van der Waals surface area contributed by atoms with E-state index in [1.165, 1.54) is 0 Å². The van der Waals surface area contributed by atoms with Gasteiger partial charge in [-0.3, -0.25) is 0 Å². The Morgan fingerprint density at radius 2 is 1.29 bits per heavy atom. The molecule has 130 valence electrons. The number of aliphatic hydroxyl groups is 2. The lowest BCUT2D eigenvalue weighted by Crippen LogP contribution is -2.41. The van der Waals surface area contributed by atoms with Crippen molar-refractivity contribution in [2.75, 3.05) is 47.9 Å². The molecule has 0 aromatic carbocycles. The zero-order valence-corrected chi connectivity index (χ0v) is 15.2. The van der Waals surface area contributed by atoms with Crippen LogP contribution >= 0.6 is 0 Å². The van der Waals surface area contributed by atoms with Crippen molar-refractivity contribution in [2.24, 2.45) is 0 Å². The Morgan fingerprint density at radius 3 is 1.52 bits per heavy atom. The molecule has 21 heavy (non-hydrogen) atoms. The summed E-state index contributed by atoms with van der Waals surface area (Å²) in [6, 6.07) is 0. The summed E-state index contributed by atoms with van der Waals surface area (Å²) in [6.07, 6.45) is 0.384. The molecule has 0 saturated heterocycles. The van der Waals surface area contributed by atoms with E-state index in [-0.39, 0.29) is 12.2 Å². The van der Waals surface area contributed by atoms with Crippen molar-refractivity contribution in [2.45, 2.75) is 45.5 Å². The van der Waals surface area contributed by atoms with E-state index in [4.69, 9.17) is 9.84 Å². The van der Waals surface area contributed by atoms with Gasteiger partial charge in [0.15, 0.2) is 0 Å². The lowest BCUT2D eigenvalue weighted by atomic mass is 10.2. The molecule has 0 saturated carbocycles. The van der Waals surface area contributed by atoms with Crippen molar-refractivity contribution in [3.63, 3.8) is 0 Å². The Morgan fingerprint density at radius 1 is 0.905 bits per heavy atom. The molecule has 0 spiro atoms. The van der Waals surface area contributed by atoms with E-state index in [2.05, 4.69) is 14.1 Å². The van der Waals surface area contributed by atoms with Crippen LogP contribution in [0.3, 0.4) is 0 Å². The molecule has 0 radical (unpaired) electrons. The van der Waals surface area contributed by atoms with Gasteiger partial charge in [0, 0.05) is 28.2 Å². The van der Waals surface area contributed by atoms with Crippen molar-refractivity contribution < 1.29 is 23.9 Å². The quantitative estimate of drug-likeness (QED) is 0.524. The van der Waals surface area contributed by atoms with Gasteiger partial charge in [0.05, 0.1) is 25.8 Å². The Hall–Kier alpha value is -0.200. The van der Waals surface area contributed by atoms with E-state index < -0.39 is 6.10 Å². The highest BCUT2D eigenvalue weighted by molar-refractivity contribution is 4.52. The number of hydrogen-bond donors (Lipinski definition) is 2. The fourth-order valence-electron chi connectivity index (χ4n) is 1.63. The maximum Gasteiger partial charge on any atom is 0.124 e. The van der Waals surface area contributed by atoms with Crippen LogP contribution in [0.1, 0.15) is 27.2 Å². The Kier molecular flexibility index (Phi) is 11.6. The summed E-state index contributed by atoms with van der Waals surface area (Å²) in [5.41, 5.74) is 0. The topological polar surface area (TPSA) is 49.7 Å². The summed E-state index contributed by atoms with van der Waals surface area (Å²) >= 11 is 0. The van der Waals surface area contributed by atoms with Gasteiger partial charge in [-0.2, -0.15) is 0 Å². The molecule has 0 aromatic heterocycles. The third kappa shape index (κ3) is 22.2. The lowest BCUT2D eigenvalue weighted by Gasteiger charge is -2.34. The van der Waals surface area contributed by atoms with Crippen molar-refractivity contribution in [1.82, 2.24) is 0 Å². The summed E-state index contributed by atoms with van der Waals surface area (Å²) in [6.45, 7) is 7.63. The summed E-state index contributed by atoms with van der Waals surface area (Å²) in [5.74, 6) is 0. The van der Waals surface area contributed by atoms with Crippen molar-refractivity contribution in [3.8, 4) is 0 Å². The largest absolute Gasteiger partial charge is 0.460 e. The average molecular weight is 306 g/mol. The van der Waals surface area contributed by atoms with E-state index in [0.717, 1.165) is 13.0 Å². The van der Waals surface area contributed by atoms with Crippen LogP contribution in [-0.4, -0.2) is 85.4 Å². The molecular weight excluding hydrogens is 268 g/mol. The molecule has 2 N–H and O–H groups in total. The van der Waals surface area contributed by atoms with E-state index in [9.17, 15) is 5.11 Å². The third-order valence-corrected chi connectivity index (χ3v) is 2.50. The zero-order chi connectivity index (χ0) is 17.3. The monoisotopic (exact) mass is 306 g/mol. The second-order valence-electron chi connectivity index (χ2n) is 7.33. The van der Waals surface area contributed by atoms with Crippen LogP contribution in [0.4, 0.5) is 0 Å². The van der Waals surface area contributed by atoms with Gasteiger partial charge in [-0.15, -0.1) is 14.1 Å². The smallest absolute Gasteiger partial charge is 0.124 e. The SMILES string of the molecule is [CH2-][N+](C)(C)CC(O)CC.[CH2-][N+](C)(C)CC(O)COC(C)C. The molecule has 5 heteroatoms. The van der Waals surface area contributed by atoms with Gasteiger partial charge < -0.3 is 23.9 Å². The van der Waals surface area contributed by atoms with Gasteiger partial charge in [0.25, 0.3) is 0 Å². The van der Waals surface area contributed by atoms with Gasteiger partial charge >= 0.3 is 0 Å². The summed E-state index contributed by atoms with van der Waals surface area (Å²) in [4.78, 5) is 0. The molecular formula is C16H38N2O3. The molecule has 0 bridgehead atoms. The van der Waals surface area contributed by atoms with E-state index in [1.54, 1.807) is 0 Å². The van der Waals surface area contributed by atoms with Crippen molar-refractivity contribution in [1.29, 1.82) is 0 Å². The molecule has 2 atom stereocenters. The van der Waals surface area contributed by atoms with Crippen LogP contribution < -0.4 is 0 Å². The highest BCUT2D eigenvalue weighted by atomic mass is 16.5. The first-order valence-corrected chi connectivity index (χ1v) is 7.59. The zero-order valence-electron chi connectivity index (χ0n) is 15.2. The fraction of sp³-hybridized carbons (Fsp3) is 0.875. The first-order chi connectivity index (χ1) is 9.26. The predicted octanol–water partition coefficient (Wildman–Crippen LogP) is 1.27. The van der Waals surface area contributed by atoms with Crippen LogP contribution in [0.25, 0.3) is 0 Å². The minimum absolute atomic E-state index is 0.181. The summed E-state index contributed by atoms with van der Waals surface area (Å²) < 4.78 is 6.37. The van der Waals surface area contributed by atoms with Crippen LogP contribution in [0.5, 0.6) is 0 Å². The minimum Gasteiger partial charge on any atom is -0.460 e. The number of likely N-dealkylation sites (N-methyl/N-ethyl adjacent to an activating group) is 2. The fourth-order valence-corrected chi connectivity index (χ4v) is 1.63. The molecule has 0 aliphatic rings. The van der Waals surface area contributed by atoms with Gasteiger partial charge in [-0.05, 0) is 20.3 Å². The minimum atomic E-state index is -0.417. The maximum absolute atomic E-state index is 9.45. The van der Waals surface area contributed by atoms with Crippen molar-refractivity contribution in [3.05, 3.63) is 14.1 Å². The molecule has 0 aromatic rings. The Balaban J connectivity index is 0. The average Bonchev–Trinajstić information content (AvgIpc) is 2.22. The standard InChI is InChI=1S/C9H21NO2.C7H17NO/c1-8(2)12-7-9(11)6-10(3,4)5;1-5-7(9)6-8(2,3)4/h8-9,11H,3,6-7H2,1-2,4-5H3;7,9H,2,5-6H2,1,3-4H3. The summed E-state index contributed by atoms with van der Waals surface area (Å²) in [7, 11) is 15.5. The van der Waals surface area contributed by atoms with Crippen LogP contribution in [-0.2, 0) is 4.74 Å². The molecule has 0 rings (SSSR count). The van der Waals surface area contributed by atoms with Gasteiger partial charge in [-0.25, -0.2) is 0 Å². The van der Waals surface area contributed by atoms with Crippen LogP contribution in [0.15, 0.2) is 0 Å². The highest BCUT2D eigenvalue weighted by Crippen LogP contribution is 1.99. The lowest BCUT2D eigenvalue weighted by molar-refractivity contribution is -0.849. The van der Waals surface area contributed by atoms with Gasteiger partial charge in [-0.1, -0.05) is 6.92 Å². The Bertz CT molecular complexity index is 245. The van der Waals surface area contributed by atoms with E-state index in [1.807, 2.05) is 49.0 Å². The second kappa shape index (κ2) is 10.5. The molecule has 0 fully saturated rings. The molecule has 0 aliphatic heterocycles. The number of hydrogen-bond acceptors (Lipinski definition) is 3. The first-order valence-electron chi connectivity index (χ1n) is 7.59. The van der Waals surface area contributed by atoms with Gasteiger partial charge in [0.1, 0.15) is 12.2 Å². The number of nitrogens with zero attached hydrogens (tertiary/aromatic N) is 2. The first kappa shape index (κ1) is 23.1. The van der Waals surface area contributed by atoms with E-state index >= 15 is 0 Å². The molecule has 0 amide bonds. The van der Waals surface area contributed by atoms with Crippen LogP contribution in [0, 0.1) is 14.1 Å². The number of ether oxygens (including phenoxy) is 1. The second-order valence-corrected chi connectivity index (χ2v) is 7.33. The number of rotatable bonds is 8. The third-order valence-electron chi connectivity index (χ3n) is 2.50. The summed E-state index contributed by atoms with van der Waals surface area (Å²) in [5, 5.41) is 18.6. The van der Waals surface area contributed by atoms with Gasteiger partial charge in [0.2, 0.25) is 0 Å².